The van der Waals surface area contributed by atoms with Crippen LogP contribution in [0.2, 0.25) is 5.02 Å². The van der Waals surface area contributed by atoms with Crippen molar-refractivity contribution < 1.29 is 4.79 Å². The van der Waals surface area contributed by atoms with Gasteiger partial charge >= 0.3 is 6.03 Å². The second kappa shape index (κ2) is 8.77. The summed E-state index contributed by atoms with van der Waals surface area (Å²) >= 11 is 6.26. The number of carbonyl (C=O) groups is 1. The van der Waals surface area contributed by atoms with Crippen LogP contribution >= 0.6 is 11.6 Å². The molecule has 4 nitrogen and oxygen atoms in total. The topological polar surface area (TPSA) is 35.6 Å². The maximum Gasteiger partial charge on any atom is 0.317 e. The number of hydrogen-bond donors (Lipinski definition) is 1. The third-order valence-corrected chi connectivity index (χ3v) is 4.84. The largest absolute Gasteiger partial charge is 0.367 e. The van der Waals surface area contributed by atoms with Crippen molar-refractivity contribution in [2.75, 3.05) is 37.6 Å². The normalized spacial score (nSPS) is 14.4. The summed E-state index contributed by atoms with van der Waals surface area (Å²) in [5, 5.41) is 3.80. The van der Waals surface area contributed by atoms with E-state index in [1.54, 1.807) is 0 Å². The molecule has 0 aromatic heterocycles. The third kappa shape index (κ3) is 4.89. The van der Waals surface area contributed by atoms with Crippen molar-refractivity contribution in [1.29, 1.82) is 0 Å². The Morgan fingerprint density at radius 2 is 1.64 bits per heavy atom. The van der Waals surface area contributed by atoms with E-state index in [4.69, 9.17) is 11.6 Å². The van der Waals surface area contributed by atoms with Gasteiger partial charge in [0.2, 0.25) is 0 Å². The molecule has 25 heavy (non-hydrogen) atoms. The zero-order valence-electron chi connectivity index (χ0n) is 14.3. The fourth-order valence-electron chi connectivity index (χ4n) is 3.10. The highest BCUT2D eigenvalue weighted by Gasteiger charge is 2.21. The van der Waals surface area contributed by atoms with Crippen LogP contribution in [0, 0.1) is 0 Å². The van der Waals surface area contributed by atoms with E-state index >= 15 is 0 Å². The average Bonchev–Trinajstić information content (AvgIpc) is 2.66. The maximum absolute atomic E-state index is 12.3. The first-order valence-electron chi connectivity index (χ1n) is 8.80. The number of hydrogen-bond acceptors (Lipinski definition) is 2. The SMILES string of the molecule is O=C(NCCCc1ccccc1)N1CCN(c2ccccc2Cl)CC1. The number of anilines is 1. The molecule has 2 amide bonds. The van der Waals surface area contributed by atoms with Gasteiger partial charge < -0.3 is 15.1 Å². The molecule has 0 unspecified atom stereocenters. The van der Waals surface area contributed by atoms with Crippen LogP contribution < -0.4 is 10.2 Å². The van der Waals surface area contributed by atoms with E-state index in [1.807, 2.05) is 47.4 Å². The summed E-state index contributed by atoms with van der Waals surface area (Å²) in [7, 11) is 0. The van der Waals surface area contributed by atoms with Crippen LogP contribution in [0.5, 0.6) is 0 Å². The van der Waals surface area contributed by atoms with Gasteiger partial charge in [-0.2, -0.15) is 0 Å². The lowest BCUT2D eigenvalue weighted by molar-refractivity contribution is 0.194. The first kappa shape index (κ1) is 17.6. The summed E-state index contributed by atoms with van der Waals surface area (Å²) in [6.45, 7) is 3.76. The lowest BCUT2D eigenvalue weighted by Crippen LogP contribution is -2.52. The number of halogens is 1. The summed E-state index contributed by atoms with van der Waals surface area (Å²) in [4.78, 5) is 16.4. The number of aryl methyl sites for hydroxylation is 1. The zero-order chi connectivity index (χ0) is 17.5. The van der Waals surface area contributed by atoms with Gasteiger partial charge in [0.25, 0.3) is 0 Å². The minimum atomic E-state index is 0.0341. The number of amides is 2. The van der Waals surface area contributed by atoms with E-state index in [-0.39, 0.29) is 6.03 Å². The highest BCUT2D eigenvalue weighted by molar-refractivity contribution is 6.33. The standard InChI is InChI=1S/C20H24ClN3O/c21-18-10-4-5-11-19(18)23-13-15-24(16-14-23)20(25)22-12-6-9-17-7-2-1-3-8-17/h1-5,7-8,10-11H,6,9,12-16H2,(H,22,25). The average molecular weight is 358 g/mol. The summed E-state index contributed by atoms with van der Waals surface area (Å²) in [6, 6.07) is 18.3. The van der Waals surface area contributed by atoms with Crippen molar-refractivity contribution in [3.05, 3.63) is 65.2 Å². The quantitative estimate of drug-likeness (QED) is 0.826. The molecule has 1 saturated heterocycles. The number of piperazine rings is 1. The molecule has 0 radical (unpaired) electrons. The summed E-state index contributed by atoms with van der Waals surface area (Å²) in [5.41, 5.74) is 2.36. The van der Waals surface area contributed by atoms with Crippen LogP contribution in [0.1, 0.15) is 12.0 Å². The molecular weight excluding hydrogens is 334 g/mol. The van der Waals surface area contributed by atoms with E-state index in [0.717, 1.165) is 49.7 Å². The number of benzene rings is 2. The molecule has 0 aliphatic carbocycles. The van der Waals surface area contributed by atoms with E-state index in [1.165, 1.54) is 5.56 Å². The number of para-hydroxylation sites is 1. The van der Waals surface area contributed by atoms with Gasteiger partial charge in [0.05, 0.1) is 10.7 Å². The molecule has 0 spiro atoms. The van der Waals surface area contributed by atoms with Gasteiger partial charge in [-0.3, -0.25) is 0 Å². The van der Waals surface area contributed by atoms with Gasteiger partial charge in [0.15, 0.2) is 0 Å². The Morgan fingerprint density at radius 3 is 2.36 bits per heavy atom. The highest BCUT2D eigenvalue weighted by Crippen LogP contribution is 2.25. The molecular formula is C20H24ClN3O. The van der Waals surface area contributed by atoms with Crippen molar-refractivity contribution in [2.24, 2.45) is 0 Å². The fraction of sp³-hybridized carbons (Fsp3) is 0.350. The fourth-order valence-corrected chi connectivity index (χ4v) is 3.36. The number of nitrogens with zero attached hydrogens (tertiary/aromatic N) is 2. The van der Waals surface area contributed by atoms with E-state index in [9.17, 15) is 4.79 Å². The van der Waals surface area contributed by atoms with E-state index in [2.05, 4.69) is 22.3 Å². The molecule has 0 saturated carbocycles. The summed E-state index contributed by atoms with van der Waals surface area (Å²) in [6.07, 6.45) is 1.94. The molecule has 1 aliphatic heterocycles. The van der Waals surface area contributed by atoms with Crippen molar-refractivity contribution >= 4 is 23.3 Å². The summed E-state index contributed by atoms with van der Waals surface area (Å²) in [5.74, 6) is 0. The lowest BCUT2D eigenvalue weighted by Gasteiger charge is -2.36. The summed E-state index contributed by atoms with van der Waals surface area (Å²) < 4.78 is 0. The van der Waals surface area contributed by atoms with Crippen LogP contribution in [0.4, 0.5) is 10.5 Å². The predicted octanol–water partition coefficient (Wildman–Crippen LogP) is 3.80. The van der Waals surface area contributed by atoms with Crippen LogP contribution in [0.15, 0.2) is 54.6 Å². The Labute approximate surface area is 154 Å². The minimum Gasteiger partial charge on any atom is -0.367 e. The Hall–Kier alpha value is -2.20. The molecule has 0 bridgehead atoms. The molecule has 2 aromatic rings. The number of nitrogens with one attached hydrogen (secondary N) is 1. The van der Waals surface area contributed by atoms with Gasteiger partial charge in [-0.05, 0) is 30.5 Å². The highest BCUT2D eigenvalue weighted by atomic mass is 35.5. The smallest absolute Gasteiger partial charge is 0.317 e. The second-order valence-electron chi connectivity index (χ2n) is 6.25. The lowest BCUT2D eigenvalue weighted by atomic mass is 10.1. The number of carbonyl (C=O) groups excluding carboxylic acids is 1. The minimum absolute atomic E-state index is 0.0341. The monoisotopic (exact) mass is 357 g/mol. The Morgan fingerprint density at radius 1 is 0.960 bits per heavy atom. The molecule has 0 atom stereocenters. The van der Waals surface area contributed by atoms with E-state index < -0.39 is 0 Å². The first-order valence-corrected chi connectivity index (χ1v) is 9.18. The van der Waals surface area contributed by atoms with Gasteiger partial charge in [-0.15, -0.1) is 0 Å². The molecule has 2 aromatic carbocycles. The first-order chi connectivity index (χ1) is 12.2. The molecule has 1 fully saturated rings. The number of urea groups is 1. The molecule has 1 aliphatic rings. The predicted molar refractivity (Wildman–Crippen MR) is 103 cm³/mol. The van der Waals surface area contributed by atoms with Crippen molar-refractivity contribution in [1.82, 2.24) is 10.2 Å². The van der Waals surface area contributed by atoms with Crippen LogP contribution in [-0.2, 0) is 6.42 Å². The Kier molecular flexibility index (Phi) is 6.18. The molecule has 1 heterocycles. The van der Waals surface area contributed by atoms with Gasteiger partial charge in [0, 0.05) is 32.7 Å². The van der Waals surface area contributed by atoms with Crippen LogP contribution in [-0.4, -0.2) is 43.7 Å². The van der Waals surface area contributed by atoms with Crippen LogP contribution in [0.25, 0.3) is 0 Å². The molecule has 1 N–H and O–H groups in total. The van der Waals surface area contributed by atoms with Crippen LogP contribution in [0.3, 0.4) is 0 Å². The second-order valence-corrected chi connectivity index (χ2v) is 6.65. The van der Waals surface area contributed by atoms with E-state index in [0.29, 0.717) is 6.54 Å². The third-order valence-electron chi connectivity index (χ3n) is 4.52. The Bertz CT molecular complexity index is 684. The Balaban J connectivity index is 1.39. The number of rotatable bonds is 5. The molecule has 132 valence electrons. The zero-order valence-corrected chi connectivity index (χ0v) is 15.1. The van der Waals surface area contributed by atoms with Gasteiger partial charge in [-0.1, -0.05) is 54.1 Å². The van der Waals surface area contributed by atoms with Crippen molar-refractivity contribution in [3.8, 4) is 0 Å². The maximum atomic E-state index is 12.3. The van der Waals surface area contributed by atoms with Crippen molar-refractivity contribution in [3.63, 3.8) is 0 Å². The van der Waals surface area contributed by atoms with Gasteiger partial charge in [0.1, 0.15) is 0 Å². The van der Waals surface area contributed by atoms with Crippen molar-refractivity contribution in [2.45, 2.75) is 12.8 Å². The molecule has 5 heteroatoms. The van der Waals surface area contributed by atoms with Gasteiger partial charge in [-0.25, -0.2) is 4.79 Å². The molecule has 3 rings (SSSR count).